The van der Waals surface area contributed by atoms with Crippen molar-refractivity contribution in [2.24, 2.45) is 0 Å². The fraction of sp³-hybridized carbons (Fsp3) is 0.500. The van der Waals surface area contributed by atoms with Gasteiger partial charge in [0, 0.05) is 30.8 Å². The first kappa shape index (κ1) is 16.8. The molecular formula is C16H20N2O5S. The Morgan fingerprint density at radius 2 is 2.21 bits per heavy atom. The van der Waals surface area contributed by atoms with Crippen molar-refractivity contribution in [3.05, 3.63) is 24.3 Å². The number of amides is 2. The molecule has 0 unspecified atom stereocenters. The van der Waals surface area contributed by atoms with Gasteiger partial charge in [0.15, 0.2) is 16.4 Å². The lowest BCUT2D eigenvalue weighted by molar-refractivity contribution is -0.123. The quantitative estimate of drug-likeness (QED) is 0.833. The summed E-state index contributed by atoms with van der Waals surface area (Å²) in [4.78, 5) is 25.4. The zero-order valence-electron chi connectivity index (χ0n) is 13.2. The lowest BCUT2D eigenvalue weighted by Gasteiger charge is -2.17. The van der Waals surface area contributed by atoms with E-state index in [0.29, 0.717) is 25.1 Å². The molecule has 7 nitrogen and oxygen atoms in total. The summed E-state index contributed by atoms with van der Waals surface area (Å²) in [6.07, 6.45) is 1.84. The van der Waals surface area contributed by atoms with E-state index in [1.54, 1.807) is 23.1 Å². The molecule has 1 aromatic rings. The van der Waals surface area contributed by atoms with Crippen molar-refractivity contribution in [1.82, 2.24) is 5.32 Å². The molecule has 3 rings (SSSR count). The fourth-order valence-corrected chi connectivity index (χ4v) is 4.66. The molecule has 0 spiro atoms. The molecular weight excluding hydrogens is 332 g/mol. The van der Waals surface area contributed by atoms with E-state index in [2.05, 4.69) is 5.32 Å². The Balaban J connectivity index is 1.53. The highest BCUT2D eigenvalue weighted by molar-refractivity contribution is 7.91. The highest BCUT2D eigenvalue weighted by atomic mass is 32.2. The number of nitrogens with zero attached hydrogens (tertiary/aromatic N) is 1. The highest BCUT2D eigenvalue weighted by Crippen LogP contribution is 2.25. The van der Waals surface area contributed by atoms with Crippen molar-refractivity contribution >= 4 is 27.3 Å². The smallest absolute Gasteiger partial charge is 0.258 e. The molecule has 0 radical (unpaired) electrons. The lowest BCUT2D eigenvalue weighted by Crippen LogP contribution is -2.38. The third-order valence-electron chi connectivity index (χ3n) is 4.17. The van der Waals surface area contributed by atoms with E-state index in [1.807, 2.05) is 6.07 Å². The number of benzene rings is 1. The van der Waals surface area contributed by atoms with Crippen LogP contribution in [0, 0.1) is 0 Å². The van der Waals surface area contributed by atoms with Crippen molar-refractivity contribution in [2.45, 2.75) is 25.3 Å². The number of carbonyl (C=O) groups is 2. The summed E-state index contributed by atoms with van der Waals surface area (Å²) in [6.45, 7) is 0.507. The maximum Gasteiger partial charge on any atom is 0.258 e. The maximum atomic E-state index is 11.9. The molecule has 130 valence electrons. The Bertz CT molecular complexity index is 747. The second-order valence-electron chi connectivity index (χ2n) is 6.10. The van der Waals surface area contributed by atoms with Crippen LogP contribution in [0.4, 0.5) is 5.69 Å². The van der Waals surface area contributed by atoms with Crippen molar-refractivity contribution < 1.29 is 22.7 Å². The summed E-state index contributed by atoms with van der Waals surface area (Å²) < 4.78 is 28.2. The summed E-state index contributed by atoms with van der Waals surface area (Å²) in [5.41, 5.74) is 0.761. The Hall–Kier alpha value is -2.09. The largest absolute Gasteiger partial charge is 0.484 e. The normalized spacial score (nSPS) is 22.6. The molecule has 0 aromatic heterocycles. The van der Waals surface area contributed by atoms with Gasteiger partial charge in [0.25, 0.3) is 5.91 Å². The first-order valence-electron chi connectivity index (χ1n) is 7.96. The van der Waals surface area contributed by atoms with Crippen molar-refractivity contribution in [3.8, 4) is 5.75 Å². The molecule has 2 heterocycles. The number of ether oxygens (including phenoxy) is 1. The Morgan fingerprint density at radius 1 is 1.38 bits per heavy atom. The van der Waals surface area contributed by atoms with Gasteiger partial charge in [0.1, 0.15) is 5.75 Å². The minimum atomic E-state index is -3.02. The molecule has 2 aliphatic rings. The lowest BCUT2D eigenvalue weighted by atomic mass is 10.2. The van der Waals surface area contributed by atoms with Gasteiger partial charge in [0.2, 0.25) is 5.91 Å². The molecule has 2 aliphatic heterocycles. The van der Waals surface area contributed by atoms with Gasteiger partial charge < -0.3 is 15.0 Å². The molecule has 0 aliphatic carbocycles. The Labute approximate surface area is 140 Å². The van der Waals surface area contributed by atoms with E-state index >= 15 is 0 Å². The maximum absolute atomic E-state index is 11.9. The molecule has 1 atom stereocenters. The van der Waals surface area contributed by atoms with Gasteiger partial charge in [0.05, 0.1) is 11.5 Å². The van der Waals surface area contributed by atoms with Gasteiger partial charge >= 0.3 is 0 Å². The van der Waals surface area contributed by atoms with Crippen LogP contribution in [0.5, 0.6) is 5.75 Å². The van der Waals surface area contributed by atoms with Crippen molar-refractivity contribution in [1.29, 1.82) is 0 Å². The van der Waals surface area contributed by atoms with Crippen LogP contribution < -0.4 is 15.0 Å². The van der Waals surface area contributed by atoms with E-state index in [1.165, 1.54) is 0 Å². The molecule has 2 fully saturated rings. The summed E-state index contributed by atoms with van der Waals surface area (Å²) in [7, 11) is -3.02. The van der Waals surface area contributed by atoms with Crippen LogP contribution in [0.2, 0.25) is 0 Å². The van der Waals surface area contributed by atoms with E-state index in [9.17, 15) is 18.0 Å². The standard InChI is InChI=1S/C16H20N2O5S/c19-15(17-12-6-8-24(21,22)11-12)10-23-14-4-1-3-13(9-14)18-7-2-5-16(18)20/h1,3-4,9,12H,2,5-8,10-11H2,(H,17,19)/t12-/m1/s1. The van der Waals surface area contributed by atoms with Crippen molar-refractivity contribution in [3.63, 3.8) is 0 Å². The topological polar surface area (TPSA) is 92.8 Å². The third-order valence-corrected chi connectivity index (χ3v) is 5.94. The molecule has 24 heavy (non-hydrogen) atoms. The van der Waals surface area contributed by atoms with Crippen LogP contribution in [-0.4, -0.2) is 50.9 Å². The molecule has 2 saturated heterocycles. The SMILES string of the molecule is O=C(COc1cccc(N2CCCC2=O)c1)N[C@@H]1CCS(=O)(=O)C1. The minimum absolute atomic E-state index is 0.00863. The van der Waals surface area contributed by atoms with Gasteiger partial charge in [-0.3, -0.25) is 9.59 Å². The van der Waals surface area contributed by atoms with Crippen LogP contribution in [0.3, 0.4) is 0 Å². The number of hydrogen-bond acceptors (Lipinski definition) is 5. The minimum Gasteiger partial charge on any atom is -0.484 e. The zero-order valence-corrected chi connectivity index (χ0v) is 14.0. The van der Waals surface area contributed by atoms with Gasteiger partial charge in [-0.05, 0) is 25.0 Å². The number of anilines is 1. The number of nitrogens with one attached hydrogen (secondary N) is 1. The van der Waals surface area contributed by atoms with Crippen LogP contribution in [0.25, 0.3) is 0 Å². The molecule has 0 saturated carbocycles. The number of rotatable bonds is 5. The second-order valence-corrected chi connectivity index (χ2v) is 8.33. The molecule has 1 N–H and O–H groups in total. The van der Waals surface area contributed by atoms with E-state index < -0.39 is 9.84 Å². The first-order valence-corrected chi connectivity index (χ1v) is 9.78. The van der Waals surface area contributed by atoms with E-state index in [4.69, 9.17) is 4.74 Å². The summed E-state index contributed by atoms with van der Waals surface area (Å²) in [5, 5.41) is 2.67. The fourth-order valence-electron chi connectivity index (χ4n) is 2.99. The van der Waals surface area contributed by atoms with Crippen LogP contribution in [0.15, 0.2) is 24.3 Å². The number of carbonyl (C=O) groups excluding carboxylic acids is 2. The predicted molar refractivity (Wildman–Crippen MR) is 88.7 cm³/mol. The van der Waals surface area contributed by atoms with Crippen LogP contribution in [-0.2, 0) is 19.4 Å². The average molecular weight is 352 g/mol. The van der Waals surface area contributed by atoms with Crippen LogP contribution in [0.1, 0.15) is 19.3 Å². The average Bonchev–Trinajstić information content (AvgIpc) is 3.11. The van der Waals surface area contributed by atoms with Gasteiger partial charge in [-0.25, -0.2) is 8.42 Å². The molecule has 0 bridgehead atoms. The second kappa shape index (κ2) is 6.80. The van der Waals surface area contributed by atoms with Gasteiger partial charge in [-0.2, -0.15) is 0 Å². The van der Waals surface area contributed by atoms with Gasteiger partial charge in [-0.15, -0.1) is 0 Å². The van der Waals surface area contributed by atoms with Crippen molar-refractivity contribution in [2.75, 3.05) is 29.6 Å². The molecule has 2 amide bonds. The summed E-state index contributed by atoms with van der Waals surface area (Å²) in [5.74, 6) is 0.351. The predicted octanol–water partition coefficient (Wildman–Crippen LogP) is 0.496. The number of hydrogen-bond donors (Lipinski definition) is 1. The molecule has 8 heteroatoms. The summed E-state index contributed by atoms with van der Waals surface area (Å²) >= 11 is 0. The van der Waals surface area contributed by atoms with E-state index in [-0.39, 0.29) is 36.0 Å². The van der Waals surface area contributed by atoms with E-state index in [0.717, 1.165) is 12.1 Å². The Morgan fingerprint density at radius 3 is 2.88 bits per heavy atom. The zero-order chi connectivity index (χ0) is 17.2. The Kier molecular flexibility index (Phi) is 4.75. The third kappa shape index (κ3) is 4.05. The first-order chi connectivity index (χ1) is 11.4. The van der Waals surface area contributed by atoms with Gasteiger partial charge in [-0.1, -0.05) is 6.07 Å². The summed E-state index contributed by atoms with van der Waals surface area (Å²) in [6, 6.07) is 6.73. The number of sulfone groups is 1. The molecule has 1 aromatic carbocycles. The monoisotopic (exact) mass is 352 g/mol. The highest BCUT2D eigenvalue weighted by Gasteiger charge is 2.29. The van der Waals surface area contributed by atoms with Crippen LogP contribution >= 0.6 is 0 Å².